The van der Waals surface area contributed by atoms with Crippen LogP contribution in [-0.2, 0) is 18.9 Å². The van der Waals surface area contributed by atoms with Crippen LogP contribution in [0.25, 0.3) is 0 Å². The molecule has 5 aliphatic carbocycles. The van der Waals surface area contributed by atoms with E-state index < -0.39 is 18.2 Å². The van der Waals surface area contributed by atoms with Crippen molar-refractivity contribution in [2.45, 2.75) is 123 Å². The molecule has 4 bridgehead atoms. The first-order chi connectivity index (χ1) is 20.3. The molecule has 5 N–H and O–H groups in total. The molecular weight excluding hydrogens is 551 g/mol. The molecule has 0 aromatic rings. The topological polar surface area (TPSA) is 170 Å². The van der Waals surface area contributed by atoms with Crippen molar-refractivity contribution in [2.24, 2.45) is 51.6 Å². The Morgan fingerprint density at radius 1 is 1.14 bits per heavy atom. The Labute approximate surface area is 255 Å². The zero-order chi connectivity index (χ0) is 31.1. The lowest BCUT2D eigenvalue weighted by atomic mass is 9.43. The molecule has 1 saturated heterocycles. The second kappa shape index (κ2) is 12.5. The lowest BCUT2D eigenvalue weighted by molar-refractivity contribution is -0.525. The standard InChI is InChI=1S/C30H51BN6O6/c1-17(2)11-25(31-42-24-16-21-15-23(29(21,3)4)30(24,5)43-31)35-27(39)22(7-6-10-33-28(32)36-37(40)41)34-26(38)14-20-13-18-8-9-19(20)12-18/h17-25H,6-16H2,1-5H3,(H,34,38)(H,35,39)(H3,32,33,36)/t18?,19?,20?,21-,22-,23-,24+,25-,30-/m0/s1. The van der Waals surface area contributed by atoms with Crippen molar-refractivity contribution < 1.29 is 23.9 Å². The number of guanidine groups is 1. The molecule has 0 aromatic heterocycles. The van der Waals surface area contributed by atoms with Gasteiger partial charge in [0, 0.05) is 13.0 Å². The van der Waals surface area contributed by atoms with Crippen LogP contribution in [0.5, 0.6) is 0 Å². The number of nitrogens with two attached hydrogens (primary N) is 1. The SMILES string of the molecule is CC(C)C[C@H](NC(=O)[C@H](CCCN=C(N)N[N+](=O)[O-])NC(=O)CC1CC2CCC1C2)B1O[C@@H]2C[C@@H]3C[C@@H](C3(C)C)[C@]2(C)O1. The average molecular weight is 603 g/mol. The van der Waals surface area contributed by atoms with Crippen molar-refractivity contribution in [3.05, 3.63) is 10.1 Å². The Hall–Kier alpha value is -2.41. The number of nitrogens with one attached hydrogen (secondary N) is 3. The largest absolute Gasteiger partial charge is 0.481 e. The summed E-state index contributed by atoms with van der Waals surface area (Å²) in [5.41, 5.74) is 7.20. The van der Waals surface area contributed by atoms with E-state index in [2.05, 4.69) is 50.2 Å². The third-order valence-electron chi connectivity index (χ3n) is 11.5. The van der Waals surface area contributed by atoms with E-state index in [1.807, 2.05) is 5.43 Å². The van der Waals surface area contributed by atoms with Gasteiger partial charge in [0.15, 0.2) is 5.03 Å². The van der Waals surface area contributed by atoms with Gasteiger partial charge in [-0.1, -0.05) is 39.5 Å². The molecular formula is C30H51BN6O6. The second-order valence-corrected chi connectivity index (χ2v) is 15.1. The summed E-state index contributed by atoms with van der Waals surface area (Å²) >= 11 is 0. The molecule has 6 fully saturated rings. The summed E-state index contributed by atoms with van der Waals surface area (Å²) in [6.45, 7) is 11.2. The first-order valence-corrected chi connectivity index (χ1v) is 16.4. The highest BCUT2D eigenvalue weighted by atomic mass is 16.7. The number of amides is 2. The molecule has 6 aliphatic rings. The fourth-order valence-corrected chi connectivity index (χ4v) is 9.11. The quantitative estimate of drug-likeness (QED) is 0.0623. The van der Waals surface area contributed by atoms with Gasteiger partial charge in [0.1, 0.15) is 6.04 Å². The number of carbonyl (C=O) groups excluding carboxylic acids is 2. The van der Waals surface area contributed by atoms with Crippen molar-refractivity contribution in [3.8, 4) is 0 Å². The maximum Gasteiger partial charge on any atom is 0.481 e. The normalized spacial score (nSPS) is 35.2. The Morgan fingerprint density at radius 3 is 2.53 bits per heavy atom. The number of aliphatic imine (C=N–C) groups is 1. The summed E-state index contributed by atoms with van der Waals surface area (Å²) < 4.78 is 13.3. The molecule has 240 valence electrons. The molecule has 1 aliphatic heterocycles. The average Bonchev–Trinajstić information content (AvgIpc) is 3.62. The molecule has 3 unspecified atom stereocenters. The lowest BCUT2D eigenvalue weighted by Gasteiger charge is -2.64. The van der Waals surface area contributed by atoms with E-state index in [1.165, 1.54) is 19.3 Å². The van der Waals surface area contributed by atoms with Gasteiger partial charge in [0.25, 0.3) is 5.96 Å². The fourth-order valence-electron chi connectivity index (χ4n) is 9.11. The molecule has 43 heavy (non-hydrogen) atoms. The Kier molecular flexibility index (Phi) is 9.33. The minimum absolute atomic E-state index is 0.00850. The van der Waals surface area contributed by atoms with E-state index >= 15 is 0 Å². The van der Waals surface area contributed by atoms with Crippen molar-refractivity contribution >= 4 is 24.9 Å². The second-order valence-electron chi connectivity index (χ2n) is 15.1. The van der Waals surface area contributed by atoms with Crippen LogP contribution in [-0.4, -0.2) is 60.2 Å². The summed E-state index contributed by atoms with van der Waals surface area (Å²) in [5.74, 6) is 2.03. The van der Waals surface area contributed by atoms with Crippen LogP contribution in [0.1, 0.15) is 98.8 Å². The molecule has 5 saturated carbocycles. The summed E-state index contributed by atoms with van der Waals surface area (Å²) in [6.07, 6.45) is 8.75. The Morgan fingerprint density at radius 2 is 1.91 bits per heavy atom. The van der Waals surface area contributed by atoms with Crippen LogP contribution in [0.4, 0.5) is 0 Å². The molecule has 12 nitrogen and oxygen atoms in total. The molecule has 0 spiro atoms. The number of hydrogen-bond donors (Lipinski definition) is 4. The third-order valence-corrected chi connectivity index (χ3v) is 11.5. The molecule has 2 amide bonds. The van der Waals surface area contributed by atoms with Crippen LogP contribution < -0.4 is 21.8 Å². The maximum absolute atomic E-state index is 13.8. The number of rotatable bonds is 13. The first kappa shape index (κ1) is 32.0. The number of hydrogen-bond acceptors (Lipinski definition) is 7. The molecule has 13 heteroatoms. The van der Waals surface area contributed by atoms with E-state index in [4.69, 9.17) is 15.0 Å². The van der Waals surface area contributed by atoms with Crippen LogP contribution in [0.3, 0.4) is 0 Å². The van der Waals surface area contributed by atoms with E-state index in [0.29, 0.717) is 49.4 Å². The predicted molar refractivity (Wildman–Crippen MR) is 163 cm³/mol. The first-order valence-electron chi connectivity index (χ1n) is 16.4. The van der Waals surface area contributed by atoms with E-state index in [0.717, 1.165) is 25.2 Å². The molecule has 0 aromatic carbocycles. The zero-order valence-corrected chi connectivity index (χ0v) is 26.5. The van der Waals surface area contributed by atoms with Gasteiger partial charge in [-0.25, -0.2) is 15.1 Å². The number of hydrazine groups is 1. The highest BCUT2D eigenvalue weighted by molar-refractivity contribution is 6.48. The van der Waals surface area contributed by atoms with E-state index in [1.54, 1.807) is 0 Å². The smallest absolute Gasteiger partial charge is 0.404 e. The Balaban J connectivity index is 1.24. The highest BCUT2D eigenvalue weighted by Crippen LogP contribution is 2.65. The van der Waals surface area contributed by atoms with Crippen molar-refractivity contribution in [3.63, 3.8) is 0 Å². The van der Waals surface area contributed by atoms with Gasteiger partial charge in [-0.2, -0.15) is 0 Å². The van der Waals surface area contributed by atoms with Crippen LogP contribution >= 0.6 is 0 Å². The minimum atomic E-state index is -0.772. The Bertz CT molecular complexity index is 1110. The summed E-state index contributed by atoms with van der Waals surface area (Å²) in [5, 5.41) is 16.1. The zero-order valence-electron chi connectivity index (χ0n) is 26.5. The van der Waals surface area contributed by atoms with Crippen LogP contribution in [0.15, 0.2) is 4.99 Å². The summed E-state index contributed by atoms with van der Waals surface area (Å²) in [4.78, 5) is 41.6. The van der Waals surface area contributed by atoms with Gasteiger partial charge in [-0.3, -0.25) is 9.59 Å². The summed E-state index contributed by atoms with van der Waals surface area (Å²) in [7, 11) is -0.556. The van der Waals surface area contributed by atoms with Crippen molar-refractivity contribution in [2.75, 3.05) is 6.54 Å². The molecule has 0 radical (unpaired) electrons. The maximum atomic E-state index is 13.8. The number of nitro groups is 1. The predicted octanol–water partition coefficient (Wildman–Crippen LogP) is 2.97. The lowest BCUT2D eigenvalue weighted by Crippen LogP contribution is -2.65. The van der Waals surface area contributed by atoms with Crippen LogP contribution in [0, 0.1) is 51.0 Å². The molecule has 1 heterocycles. The van der Waals surface area contributed by atoms with Gasteiger partial charge in [-0.05, 0) is 99.2 Å². The van der Waals surface area contributed by atoms with Gasteiger partial charge in [-0.15, -0.1) is 0 Å². The van der Waals surface area contributed by atoms with Gasteiger partial charge < -0.3 is 25.7 Å². The van der Waals surface area contributed by atoms with Gasteiger partial charge in [0.05, 0.1) is 17.6 Å². The van der Waals surface area contributed by atoms with E-state index in [9.17, 15) is 19.7 Å². The van der Waals surface area contributed by atoms with Crippen molar-refractivity contribution in [1.82, 2.24) is 16.1 Å². The number of fused-ring (bicyclic) bond motifs is 2. The highest BCUT2D eigenvalue weighted by Gasteiger charge is 2.68. The van der Waals surface area contributed by atoms with Crippen LogP contribution in [0.2, 0.25) is 0 Å². The van der Waals surface area contributed by atoms with E-state index in [-0.39, 0.29) is 53.3 Å². The third kappa shape index (κ3) is 6.82. The summed E-state index contributed by atoms with van der Waals surface area (Å²) in [6, 6.07) is -0.772. The molecule has 9 atom stereocenters. The minimum Gasteiger partial charge on any atom is -0.404 e. The fraction of sp³-hybridized carbons (Fsp3) is 0.900. The van der Waals surface area contributed by atoms with Gasteiger partial charge in [0.2, 0.25) is 11.8 Å². The van der Waals surface area contributed by atoms with Crippen molar-refractivity contribution in [1.29, 1.82) is 0 Å². The van der Waals surface area contributed by atoms with Gasteiger partial charge >= 0.3 is 7.12 Å². The molecule has 6 rings (SSSR count). The monoisotopic (exact) mass is 602 g/mol. The number of nitrogens with zero attached hydrogens (tertiary/aromatic N) is 2. The number of carbonyl (C=O) groups is 2.